The first kappa shape index (κ1) is 19.0. The van der Waals surface area contributed by atoms with Crippen molar-refractivity contribution < 1.29 is 4.79 Å². The molecule has 1 amide bonds. The second-order valence-electron chi connectivity index (χ2n) is 6.01. The molecule has 0 aliphatic carbocycles. The number of carbonyl (C=O) groups is 1. The zero-order valence-corrected chi connectivity index (χ0v) is 17.2. The van der Waals surface area contributed by atoms with Crippen LogP contribution in [0.3, 0.4) is 0 Å². The van der Waals surface area contributed by atoms with Crippen molar-refractivity contribution in [1.29, 1.82) is 0 Å². The van der Waals surface area contributed by atoms with Crippen LogP contribution in [-0.2, 0) is 10.5 Å². The van der Waals surface area contributed by atoms with Crippen molar-refractivity contribution >= 4 is 51.4 Å². The van der Waals surface area contributed by atoms with Gasteiger partial charge in [-0.2, -0.15) is 0 Å². The number of nitrogens with zero attached hydrogens (tertiary/aromatic N) is 2. The summed E-state index contributed by atoms with van der Waals surface area (Å²) < 4.78 is 0. The molecular formula is C20H19ClN2OS2. The molecule has 0 radical (unpaired) electrons. The molecule has 134 valence electrons. The zero-order valence-electron chi connectivity index (χ0n) is 14.8. The Balaban J connectivity index is 1.79. The first-order valence-corrected chi connectivity index (χ1v) is 10.4. The Kier molecular flexibility index (Phi) is 6.01. The number of anilines is 2. The summed E-state index contributed by atoms with van der Waals surface area (Å²) in [6, 6.07) is 13.8. The van der Waals surface area contributed by atoms with Crippen molar-refractivity contribution in [3.05, 3.63) is 69.7 Å². The van der Waals surface area contributed by atoms with Gasteiger partial charge in [-0.05, 0) is 49.7 Å². The number of halogens is 1. The van der Waals surface area contributed by atoms with Crippen LogP contribution in [0.4, 0.5) is 10.8 Å². The third kappa shape index (κ3) is 4.47. The van der Waals surface area contributed by atoms with Gasteiger partial charge in [0.1, 0.15) is 0 Å². The number of hydrogen-bond acceptors (Lipinski definition) is 4. The quantitative estimate of drug-likeness (QED) is 0.463. The highest BCUT2D eigenvalue weighted by atomic mass is 35.5. The molecule has 0 saturated carbocycles. The lowest BCUT2D eigenvalue weighted by Crippen LogP contribution is -2.23. The summed E-state index contributed by atoms with van der Waals surface area (Å²) in [5.41, 5.74) is 4.08. The fraction of sp³-hybridized carbons (Fsp3) is 0.200. The number of aryl methyl sites for hydroxylation is 2. The molecule has 6 heteroatoms. The van der Waals surface area contributed by atoms with Gasteiger partial charge in [0, 0.05) is 28.0 Å². The van der Waals surface area contributed by atoms with Crippen LogP contribution in [0.25, 0.3) is 0 Å². The van der Waals surface area contributed by atoms with Gasteiger partial charge in [0.05, 0.1) is 11.4 Å². The zero-order chi connectivity index (χ0) is 18.7. The molecule has 1 heterocycles. The lowest BCUT2D eigenvalue weighted by atomic mass is 10.1. The van der Waals surface area contributed by atoms with Gasteiger partial charge in [0.15, 0.2) is 5.13 Å². The number of benzene rings is 2. The molecule has 0 N–H and O–H groups in total. The average Bonchev–Trinajstić information content (AvgIpc) is 3.05. The first-order chi connectivity index (χ1) is 12.4. The van der Waals surface area contributed by atoms with E-state index in [0.717, 1.165) is 32.6 Å². The Morgan fingerprint density at radius 1 is 1.19 bits per heavy atom. The Bertz CT molecular complexity index is 922. The lowest BCUT2D eigenvalue weighted by molar-refractivity contribution is -0.115. The number of thioether (sulfide) groups is 1. The van der Waals surface area contributed by atoms with Gasteiger partial charge in [-0.1, -0.05) is 29.3 Å². The number of amides is 1. The number of aromatic nitrogens is 1. The Morgan fingerprint density at radius 3 is 2.58 bits per heavy atom. The predicted molar refractivity (Wildman–Crippen MR) is 112 cm³/mol. The van der Waals surface area contributed by atoms with Crippen LogP contribution in [-0.4, -0.2) is 10.9 Å². The molecule has 26 heavy (non-hydrogen) atoms. The topological polar surface area (TPSA) is 33.2 Å². The van der Waals surface area contributed by atoms with E-state index in [2.05, 4.69) is 11.1 Å². The minimum absolute atomic E-state index is 0.0387. The van der Waals surface area contributed by atoms with Gasteiger partial charge in [0.25, 0.3) is 0 Å². The maximum absolute atomic E-state index is 12.3. The van der Waals surface area contributed by atoms with E-state index in [-0.39, 0.29) is 5.91 Å². The normalized spacial score (nSPS) is 10.8. The Morgan fingerprint density at radius 2 is 1.92 bits per heavy atom. The standard InChI is InChI=1S/C20H19ClN2OS2/c1-13-4-9-19(14(2)10-13)23(15(3)24)20-22-17(12-26-20)11-25-18-7-5-16(21)6-8-18/h4-10,12H,11H2,1-3H3. The highest BCUT2D eigenvalue weighted by Crippen LogP contribution is 2.33. The highest BCUT2D eigenvalue weighted by molar-refractivity contribution is 7.98. The molecular weight excluding hydrogens is 384 g/mol. The van der Waals surface area contributed by atoms with Crippen molar-refractivity contribution in [3.63, 3.8) is 0 Å². The van der Waals surface area contributed by atoms with E-state index in [1.165, 1.54) is 16.9 Å². The maximum Gasteiger partial charge on any atom is 0.230 e. The fourth-order valence-corrected chi connectivity index (χ4v) is 4.52. The van der Waals surface area contributed by atoms with E-state index in [1.807, 2.05) is 55.6 Å². The summed E-state index contributed by atoms with van der Waals surface area (Å²) in [5.74, 6) is 0.708. The van der Waals surface area contributed by atoms with Crippen LogP contribution in [0.1, 0.15) is 23.7 Å². The summed E-state index contributed by atoms with van der Waals surface area (Å²) in [4.78, 5) is 19.8. The van der Waals surface area contributed by atoms with Gasteiger partial charge in [-0.15, -0.1) is 23.1 Å². The molecule has 2 aromatic carbocycles. The van der Waals surface area contributed by atoms with Gasteiger partial charge in [-0.3, -0.25) is 9.69 Å². The van der Waals surface area contributed by atoms with Crippen molar-refractivity contribution in [2.75, 3.05) is 4.90 Å². The molecule has 0 aliphatic rings. The molecule has 0 bridgehead atoms. The lowest BCUT2D eigenvalue weighted by Gasteiger charge is -2.20. The van der Waals surface area contributed by atoms with Crippen LogP contribution in [0.15, 0.2) is 52.7 Å². The third-order valence-electron chi connectivity index (χ3n) is 3.84. The first-order valence-electron chi connectivity index (χ1n) is 8.15. The number of hydrogen-bond donors (Lipinski definition) is 0. The van der Waals surface area contributed by atoms with Gasteiger partial charge < -0.3 is 0 Å². The fourth-order valence-electron chi connectivity index (χ4n) is 2.62. The summed E-state index contributed by atoms with van der Waals surface area (Å²) in [6.07, 6.45) is 0. The molecule has 0 atom stereocenters. The van der Waals surface area contributed by atoms with Crippen LogP contribution >= 0.6 is 34.7 Å². The molecule has 0 aliphatic heterocycles. The van der Waals surface area contributed by atoms with Gasteiger partial charge >= 0.3 is 0 Å². The smallest absolute Gasteiger partial charge is 0.230 e. The van der Waals surface area contributed by atoms with Crippen molar-refractivity contribution in [2.24, 2.45) is 0 Å². The SMILES string of the molecule is CC(=O)N(c1nc(CSc2ccc(Cl)cc2)cs1)c1ccc(C)cc1C. The van der Waals surface area contributed by atoms with E-state index in [4.69, 9.17) is 11.6 Å². The monoisotopic (exact) mass is 402 g/mol. The summed E-state index contributed by atoms with van der Waals surface area (Å²) in [7, 11) is 0. The Labute approximate surface area is 167 Å². The second kappa shape index (κ2) is 8.25. The average molecular weight is 403 g/mol. The van der Waals surface area contributed by atoms with Crippen LogP contribution in [0.2, 0.25) is 5.02 Å². The Hall–Kier alpha value is -1.82. The largest absolute Gasteiger partial charge is 0.274 e. The summed E-state index contributed by atoms with van der Waals surface area (Å²) in [5, 5.41) is 3.45. The maximum atomic E-state index is 12.3. The van der Waals surface area contributed by atoms with E-state index in [0.29, 0.717) is 5.13 Å². The molecule has 0 spiro atoms. The van der Waals surface area contributed by atoms with Crippen molar-refractivity contribution in [2.45, 2.75) is 31.4 Å². The van der Waals surface area contributed by atoms with Crippen molar-refractivity contribution in [1.82, 2.24) is 4.98 Å². The molecule has 0 fully saturated rings. The minimum Gasteiger partial charge on any atom is -0.274 e. The minimum atomic E-state index is -0.0387. The summed E-state index contributed by atoms with van der Waals surface area (Å²) >= 11 is 9.11. The number of carbonyl (C=O) groups excluding carboxylic acids is 1. The van der Waals surface area contributed by atoms with Crippen LogP contribution in [0.5, 0.6) is 0 Å². The second-order valence-corrected chi connectivity index (χ2v) is 8.33. The van der Waals surface area contributed by atoms with Crippen molar-refractivity contribution in [3.8, 4) is 0 Å². The molecule has 0 unspecified atom stereocenters. The van der Waals surface area contributed by atoms with E-state index < -0.39 is 0 Å². The summed E-state index contributed by atoms with van der Waals surface area (Å²) in [6.45, 7) is 5.64. The van der Waals surface area contributed by atoms with Gasteiger partial charge in [0.2, 0.25) is 5.91 Å². The molecule has 3 nitrogen and oxygen atoms in total. The number of rotatable bonds is 5. The van der Waals surface area contributed by atoms with E-state index in [1.54, 1.807) is 23.6 Å². The molecule has 3 rings (SSSR count). The van der Waals surface area contributed by atoms with Crippen LogP contribution < -0.4 is 4.90 Å². The van der Waals surface area contributed by atoms with Gasteiger partial charge in [-0.25, -0.2) is 4.98 Å². The molecule has 0 saturated heterocycles. The molecule has 1 aromatic heterocycles. The predicted octanol–water partition coefficient (Wildman–Crippen LogP) is 6.39. The molecule has 3 aromatic rings. The van der Waals surface area contributed by atoms with E-state index in [9.17, 15) is 4.79 Å². The van der Waals surface area contributed by atoms with E-state index >= 15 is 0 Å². The number of thiazole rings is 1. The highest BCUT2D eigenvalue weighted by Gasteiger charge is 2.19. The third-order valence-corrected chi connectivity index (χ3v) is 6.01. The van der Waals surface area contributed by atoms with Crippen LogP contribution in [0, 0.1) is 13.8 Å².